The topological polar surface area (TPSA) is 72.7 Å². The van der Waals surface area contributed by atoms with E-state index in [-0.39, 0.29) is 5.91 Å². The van der Waals surface area contributed by atoms with Gasteiger partial charge in [0.2, 0.25) is 5.91 Å². The average molecular weight is 305 g/mol. The summed E-state index contributed by atoms with van der Waals surface area (Å²) in [5.74, 6) is 0.555. The highest BCUT2D eigenvalue weighted by atomic mass is 16.1. The molecule has 3 aromatic heterocycles. The SMILES string of the molecule is O=C(/C=C/c1cccnc1)NCc1ccnc(-n2cccn2)c1. The van der Waals surface area contributed by atoms with Gasteiger partial charge in [-0.1, -0.05) is 6.07 Å². The third-order valence-electron chi connectivity index (χ3n) is 3.13. The fraction of sp³-hybridized carbons (Fsp3) is 0.0588. The zero-order valence-electron chi connectivity index (χ0n) is 12.3. The first-order valence-electron chi connectivity index (χ1n) is 7.12. The lowest BCUT2D eigenvalue weighted by Gasteiger charge is -2.05. The molecule has 6 heteroatoms. The second-order valence-electron chi connectivity index (χ2n) is 4.81. The van der Waals surface area contributed by atoms with E-state index in [0.29, 0.717) is 12.4 Å². The van der Waals surface area contributed by atoms with Gasteiger partial charge in [-0.2, -0.15) is 5.10 Å². The van der Waals surface area contributed by atoms with Gasteiger partial charge in [0.1, 0.15) is 0 Å². The Morgan fingerprint density at radius 1 is 1.22 bits per heavy atom. The van der Waals surface area contributed by atoms with E-state index >= 15 is 0 Å². The first-order chi connectivity index (χ1) is 11.3. The molecule has 23 heavy (non-hydrogen) atoms. The van der Waals surface area contributed by atoms with E-state index in [1.807, 2.05) is 36.5 Å². The van der Waals surface area contributed by atoms with Crippen LogP contribution in [0.25, 0.3) is 11.9 Å². The van der Waals surface area contributed by atoms with Crippen molar-refractivity contribution >= 4 is 12.0 Å². The lowest BCUT2D eigenvalue weighted by molar-refractivity contribution is -0.116. The van der Waals surface area contributed by atoms with Crippen molar-refractivity contribution in [3.63, 3.8) is 0 Å². The summed E-state index contributed by atoms with van der Waals surface area (Å²) in [7, 11) is 0. The first-order valence-corrected chi connectivity index (χ1v) is 7.12. The third-order valence-corrected chi connectivity index (χ3v) is 3.13. The molecule has 0 aliphatic heterocycles. The molecule has 0 aliphatic carbocycles. The number of carbonyl (C=O) groups is 1. The molecular weight excluding hydrogens is 290 g/mol. The van der Waals surface area contributed by atoms with Crippen molar-refractivity contribution in [2.24, 2.45) is 0 Å². The fourth-order valence-electron chi connectivity index (χ4n) is 1.99. The molecule has 0 radical (unpaired) electrons. The van der Waals surface area contributed by atoms with E-state index < -0.39 is 0 Å². The minimum atomic E-state index is -0.161. The molecule has 0 bridgehead atoms. The van der Waals surface area contributed by atoms with Gasteiger partial charge in [0.05, 0.1) is 0 Å². The van der Waals surface area contributed by atoms with Crippen LogP contribution in [0.3, 0.4) is 0 Å². The van der Waals surface area contributed by atoms with Crippen LogP contribution in [0.15, 0.2) is 67.4 Å². The Morgan fingerprint density at radius 2 is 2.17 bits per heavy atom. The van der Waals surface area contributed by atoms with Gasteiger partial charge in [-0.3, -0.25) is 9.78 Å². The summed E-state index contributed by atoms with van der Waals surface area (Å²) < 4.78 is 1.67. The molecule has 0 unspecified atom stereocenters. The minimum Gasteiger partial charge on any atom is -0.348 e. The van der Waals surface area contributed by atoms with Gasteiger partial charge in [-0.25, -0.2) is 9.67 Å². The molecule has 3 aromatic rings. The predicted molar refractivity (Wildman–Crippen MR) is 86.5 cm³/mol. The largest absolute Gasteiger partial charge is 0.348 e. The summed E-state index contributed by atoms with van der Waals surface area (Å²) in [5, 5.41) is 6.97. The molecule has 0 saturated heterocycles. The number of pyridine rings is 2. The molecule has 114 valence electrons. The van der Waals surface area contributed by atoms with Crippen LogP contribution in [0.4, 0.5) is 0 Å². The first kappa shape index (κ1) is 14.6. The summed E-state index contributed by atoms with van der Waals surface area (Å²) in [4.78, 5) is 20.1. The van der Waals surface area contributed by atoms with Gasteiger partial charge in [-0.15, -0.1) is 0 Å². The van der Waals surface area contributed by atoms with Gasteiger partial charge in [0.15, 0.2) is 5.82 Å². The summed E-state index contributed by atoms with van der Waals surface area (Å²) in [5.41, 5.74) is 1.83. The molecule has 0 fully saturated rings. The van der Waals surface area contributed by atoms with Gasteiger partial charge in [0.25, 0.3) is 0 Å². The van der Waals surface area contributed by atoms with Gasteiger partial charge in [0, 0.05) is 43.6 Å². The van der Waals surface area contributed by atoms with Crippen LogP contribution < -0.4 is 5.32 Å². The number of aromatic nitrogens is 4. The Morgan fingerprint density at radius 3 is 2.96 bits per heavy atom. The maximum atomic E-state index is 11.9. The maximum Gasteiger partial charge on any atom is 0.244 e. The predicted octanol–water partition coefficient (Wildman–Crippen LogP) is 1.99. The fourth-order valence-corrected chi connectivity index (χ4v) is 1.99. The number of rotatable bonds is 5. The second-order valence-corrected chi connectivity index (χ2v) is 4.81. The number of hydrogen-bond donors (Lipinski definition) is 1. The van der Waals surface area contributed by atoms with Crippen LogP contribution in [0.5, 0.6) is 0 Å². The summed E-state index contributed by atoms with van der Waals surface area (Å²) in [6.07, 6.45) is 11.8. The average Bonchev–Trinajstić information content (AvgIpc) is 3.14. The van der Waals surface area contributed by atoms with Crippen molar-refractivity contribution in [2.45, 2.75) is 6.54 Å². The molecule has 0 aromatic carbocycles. The molecule has 6 nitrogen and oxygen atoms in total. The van der Waals surface area contributed by atoms with Crippen LogP contribution in [0.1, 0.15) is 11.1 Å². The standard InChI is InChI=1S/C17H15N5O/c23-17(5-4-14-3-1-7-18-12-14)20-13-15-6-9-19-16(11-15)22-10-2-8-21-22/h1-12H,13H2,(H,20,23)/b5-4+. The molecular formula is C17H15N5O. The third kappa shape index (κ3) is 4.10. The minimum absolute atomic E-state index is 0.161. The van der Waals surface area contributed by atoms with E-state index in [0.717, 1.165) is 11.1 Å². The lowest BCUT2D eigenvalue weighted by Crippen LogP contribution is -2.20. The maximum absolute atomic E-state index is 11.9. The molecule has 0 aliphatic rings. The number of nitrogens with one attached hydrogen (secondary N) is 1. The Balaban J connectivity index is 1.59. The quantitative estimate of drug-likeness (QED) is 0.732. The van der Waals surface area contributed by atoms with Crippen LogP contribution in [0, 0.1) is 0 Å². The monoisotopic (exact) mass is 305 g/mol. The van der Waals surface area contributed by atoms with Crippen molar-refractivity contribution in [3.05, 3.63) is 78.5 Å². The molecule has 0 spiro atoms. The smallest absolute Gasteiger partial charge is 0.244 e. The molecule has 0 atom stereocenters. The van der Waals surface area contributed by atoms with Gasteiger partial charge in [-0.05, 0) is 41.5 Å². The van der Waals surface area contributed by atoms with Crippen molar-refractivity contribution in [1.82, 2.24) is 25.1 Å². The zero-order chi connectivity index (χ0) is 15.9. The molecule has 3 rings (SSSR count). The van der Waals surface area contributed by atoms with E-state index in [1.165, 1.54) is 6.08 Å². The van der Waals surface area contributed by atoms with Crippen molar-refractivity contribution in [2.75, 3.05) is 0 Å². The van der Waals surface area contributed by atoms with Crippen LogP contribution >= 0.6 is 0 Å². The van der Waals surface area contributed by atoms with E-state index in [2.05, 4.69) is 20.4 Å². The van der Waals surface area contributed by atoms with Gasteiger partial charge < -0.3 is 5.32 Å². The van der Waals surface area contributed by atoms with Crippen LogP contribution in [-0.2, 0) is 11.3 Å². The second kappa shape index (κ2) is 7.13. The normalized spacial score (nSPS) is 10.8. The highest BCUT2D eigenvalue weighted by Gasteiger charge is 2.01. The highest BCUT2D eigenvalue weighted by Crippen LogP contribution is 2.06. The van der Waals surface area contributed by atoms with E-state index in [1.54, 1.807) is 35.5 Å². The van der Waals surface area contributed by atoms with Crippen LogP contribution in [0.2, 0.25) is 0 Å². The Bertz CT molecular complexity index is 797. The Labute approximate surface area is 133 Å². The van der Waals surface area contributed by atoms with Crippen molar-refractivity contribution in [1.29, 1.82) is 0 Å². The number of hydrogen-bond acceptors (Lipinski definition) is 4. The molecule has 1 amide bonds. The number of amides is 1. The van der Waals surface area contributed by atoms with Crippen molar-refractivity contribution in [3.8, 4) is 5.82 Å². The summed E-state index contributed by atoms with van der Waals surface area (Å²) >= 11 is 0. The number of carbonyl (C=O) groups excluding carboxylic acids is 1. The van der Waals surface area contributed by atoms with Crippen LogP contribution in [-0.4, -0.2) is 25.7 Å². The highest BCUT2D eigenvalue weighted by molar-refractivity contribution is 5.91. The molecule has 3 heterocycles. The Hall–Kier alpha value is -3.28. The summed E-state index contributed by atoms with van der Waals surface area (Å²) in [6.45, 7) is 0.424. The van der Waals surface area contributed by atoms with E-state index in [4.69, 9.17) is 0 Å². The van der Waals surface area contributed by atoms with E-state index in [9.17, 15) is 4.79 Å². The number of nitrogens with zero attached hydrogens (tertiary/aromatic N) is 4. The molecule has 0 saturated carbocycles. The lowest BCUT2D eigenvalue weighted by atomic mass is 10.2. The Kier molecular flexibility index (Phi) is 4.54. The molecule has 1 N–H and O–H groups in total. The van der Waals surface area contributed by atoms with Crippen molar-refractivity contribution < 1.29 is 4.79 Å². The van der Waals surface area contributed by atoms with Gasteiger partial charge >= 0.3 is 0 Å². The zero-order valence-corrected chi connectivity index (χ0v) is 12.3. The summed E-state index contributed by atoms with van der Waals surface area (Å²) in [6, 6.07) is 9.29.